The zero-order valence-corrected chi connectivity index (χ0v) is 8.82. The molecule has 1 aromatic carbocycles. The van der Waals surface area contributed by atoms with Gasteiger partial charge in [0, 0.05) is 23.6 Å². The number of fused-ring (bicyclic) bond motifs is 1. The molecule has 0 saturated heterocycles. The zero-order valence-electron chi connectivity index (χ0n) is 8.82. The highest BCUT2D eigenvalue weighted by Gasteiger charge is 2.08. The van der Waals surface area contributed by atoms with Gasteiger partial charge in [0.2, 0.25) is 0 Å². The van der Waals surface area contributed by atoms with Crippen molar-refractivity contribution in [3.63, 3.8) is 0 Å². The van der Waals surface area contributed by atoms with Crippen LogP contribution in [-0.4, -0.2) is 15.6 Å². The van der Waals surface area contributed by atoms with Gasteiger partial charge in [0.25, 0.3) is 0 Å². The van der Waals surface area contributed by atoms with Gasteiger partial charge in [0.1, 0.15) is 0 Å². The second-order valence-corrected chi connectivity index (χ2v) is 3.64. The predicted octanol–water partition coefficient (Wildman–Crippen LogP) is 2.67. The Morgan fingerprint density at radius 2 is 2.20 bits per heavy atom. The maximum atomic E-state index is 10.8. The number of nitrogens with zero attached hydrogens (tertiary/aromatic N) is 1. The smallest absolute Gasteiger partial charge is 0.335 e. The number of rotatable bonds is 2. The van der Waals surface area contributed by atoms with Crippen molar-refractivity contribution in [2.24, 2.45) is 0 Å². The Kier molecular flexibility index (Phi) is 2.23. The molecule has 0 unspecified atom stereocenters. The summed E-state index contributed by atoms with van der Waals surface area (Å²) in [5, 5.41) is 9.92. The average molecular weight is 203 g/mol. The quantitative estimate of drug-likeness (QED) is 0.815. The number of hydrogen-bond acceptors (Lipinski definition) is 1. The lowest BCUT2D eigenvalue weighted by molar-refractivity contribution is 0.0697. The Bertz CT molecular complexity index is 526. The molecule has 3 nitrogen and oxygen atoms in total. The molecule has 0 saturated carbocycles. The monoisotopic (exact) mass is 203 g/mol. The molecule has 15 heavy (non-hydrogen) atoms. The Hall–Kier alpha value is -1.77. The van der Waals surface area contributed by atoms with Crippen molar-refractivity contribution in [3.8, 4) is 0 Å². The molecule has 0 amide bonds. The van der Waals surface area contributed by atoms with Crippen molar-refractivity contribution >= 4 is 16.9 Å². The van der Waals surface area contributed by atoms with Crippen molar-refractivity contribution in [1.29, 1.82) is 0 Å². The van der Waals surface area contributed by atoms with Crippen molar-refractivity contribution in [2.45, 2.75) is 20.4 Å². The third kappa shape index (κ3) is 1.50. The van der Waals surface area contributed by atoms with Crippen LogP contribution >= 0.6 is 0 Å². The van der Waals surface area contributed by atoms with Gasteiger partial charge in [-0.1, -0.05) is 0 Å². The van der Waals surface area contributed by atoms with Gasteiger partial charge < -0.3 is 9.67 Å². The maximum Gasteiger partial charge on any atom is 0.335 e. The number of carboxylic acid groups (broad SMARTS) is 1. The maximum absolute atomic E-state index is 10.8. The van der Waals surface area contributed by atoms with Crippen LogP contribution < -0.4 is 0 Å². The summed E-state index contributed by atoms with van der Waals surface area (Å²) >= 11 is 0. The van der Waals surface area contributed by atoms with Crippen LogP contribution in [0.2, 0.25) is 0 Å². The van der Waals surface area contributed by atoms with Gasteiger partial charge in [-0.15, -0.1) is 0 Å². The van der Waals surface area contributed by atoms with E-state index < -0.39 is 5.97 Å². The third-order valence-corrected chi connectivity index (χ3v) is 2.67. The van der Waals surface area contributed by atoms with E-state index in [9.17, 15) is 4.79 Å². The number of carboxylic acids is 1. The van der Waals surface area contributed by atoms with Crippen molar-refractivity contribution in [2.75, 3.05) is 0 Å². The number of hydrogen-bond donors (Lipinski definition) is 1. The number of benzene rings is 1. The van der Waals surface area contributed by atoms with Gasteiger partial charge in [0.05, 0.1) is 5.56 Å². The predicted molar refractivity (Wildman–Crippen MR) is 59.3 cm³/mol. The third-order valence-electron chi connectivity index (χ3n) is 2.67. The van der Waals surface area contributed by atoms with Gasteiger partial charge in [-0.25, -0.2) is 4.79 Å². The topological polar surface area (TPSA) is 42.2 Å². The van der Waals surface area contributed by atoms with Crippen LogP contribution in [0.1, 0.15) is 22.8 Å². The van der Waals surface area contributed by atoms with E-state index in [1.165, 1.54) is 0 Å². The normalized spacial score (nSPS) is 10.8. The summed E-state index contributed by atoms with van der Waals surface area (Å²) in [6.07, 6.45) is 2.05. The molecule has 0 atom stereocenters. The molecule has 3 heteroatoms. The van der Waals surface area contributed by atoms with E-state index in [0.29, 0.717) is 5.56 Å². The van der Waals surface area contributed by atoms with E-state index in [2.05, 4.69) is 17.7 Å². The first-order valence-electron chi connectivity index (χ1n) is 4.96. The zero-order chi connectivity index (χ0) is 11.0. The molecule has 0 aliphatic heterocycles. The summed E-state index contributed by atoms with van der Waals surface area (Å²) < 4.78 is 2.12. The fourth-order valence-electron chi connectivity index (χ4n) is 1.87. The first kappa shape index (κ1) is 9.77. The molecule has 0 fully saturated rings. The minimum atomic E-state index is -0.874. The van der Waals surface area contributed by atoms with E-state index in [-0.39, 0.29) is 0 Å². The largest absolute Gasteiger partial charge is 0.478 e. The molecule has 1 N–H and O–H groups in total. The lowest BCUT2D eigenvalue weighted by atomic mass is 10.1. The summed E-state index contributed by atoms with van der Waals surface area (Å²) in [5.74, 6) is -0.874. The minimum absolute atomic E-state index is 0.347. The van der Waals surface area contributed by atoms with Crippen LogP contribution in [0.25, 0.3) is 10.9 Å². The van der Waals surface area contributed by atoms with Crippen LogP contribution in [0.15, 0.2) is 24.4 Å². The molecule has 0 bridgehead atoms. The molecule has 78 valence electrons. The van der Waals surface area contributed by atoms with E-state index in [4.69, 9.17) is 5.11 Å². The number of aromatic carboxylic acids is 1. The summed E-state index contributed by atoms with van der Waals surface area (Å²) in [4.78, 5) is 10.8. The Morgan fingerprint density at radius 3 is 2.80 bits per heavy atom. The Balaban J connectivity index is 2.72. The van der Waals surface area contributed by atoms with Crippen molar-refractivity contribution < 1.29 is 9.90 Å². The van der Waals surface area contributed by atoms with Crippen molar-refractivity contribution in [1.82, 2.24) is 4.57 Å². The molecule has 0 spiro atoms. The number of aryl methyl sites for hydroxylation is 2. The summed E-state index contributed by atoms with van der Waals surface area (Å²) in [5.41, 5.74) is 2.56. The van der Waals surface area contributed by atoms with Gasteiger partial charge in [-0.05, 0) is 37.6 Å². The second kappa shape index (κ2) is 3.42. The molecule has 2 rings (SSSR count). The standard InChI is InChI=1S/C12H13NO2/c1-3-13-7-8(2)10-6-9(12(14)15)4-5-11(10)13/h4-7H,3H2,1-2H3,(H,14,15). The molecule has 1 aromatic heterocycles. The van der Waals surface area contributed by atoms with E-state index >= 15 is 0 Å². The van der Waals surface area contributed by atoms with E-state index in [0.717, 1.165) is 23.0 Å². The molecule has 1 heterocycles. The molecular weight excluding hydrogens is 190 g/mol. The summed E-state index contributed by atoms with van der Waals surface area (Å²) in [6.45, 7) is 4.97. The van der Waals surface area contributed by atoms with E-state index in [1.807, 2.05) is 13.0 Å². The Labute approximate surface area is 87.9 Å². The van der Waals surface area contributed by atoms with Crippen LogP contribution in [-0.2, 0) is 6.54 Å². The summed E-state index contributed by atoms with van der Waals surface area (Å²) in [6, 6.07) is 5.25. The number of aromatic nitrogens is 1. The molecule has 0 aliphatic rings. The first-order valence-corrected chi connectivity index (χ1v) is 4.96. The van der Waals surface area contributed by atoms with Gasteiger partial charge in [-0.3, -0.25) is 0 Å². The molecule has 0 aliphatic carbocycles. The molecule has 0 radical (unpaired) electrons. The van der Waals surface area contributed by atoms with Crippen LogP contribution in [0.3, 0.4) is 0 Å². The molecule has 2 aromatic rings. The fourth-order valence-corrected chi connectivity index (χ4v) is 1.87. The highest BCUT2D eigenvalue weighted by Crippen LogP contribution is 2.22. The highest BCUT2D eigenvalue weighted by atomic mass is 16.4. The lowest BCUT2D eigenvalue weighted by Gasteiger charge is -2.00. The van der Waals surface area contributed by atoms with Gasteiger partial charge >= 0.3 is 5.97 Å². The SMILES string of the molecule is CCn1cc(C)c2cc(C(=O)O)ccc21. The lowest BCUT2D eigenvalue weighted by Crippen LogP contribution is -1.96. The summed E-state index contributed by atoms with van der Waals surface area (Å²) in [7, 11) is 0. The highest BCUT2D eigenvalue weighted by molar-refractivity contribution is 5.94. The second-order valence-electron chi connectivity index (χ2n) is 3.64. The van der Waals surface area contributed by atoms with Crippen LogP contribution in [0.4, 0.5) is 0 Å². The van der Waals surface area contributed by atoms with Gasteiger partial charge in [0.15, 0.2) is 0 Å². The van der Waals surface area contributed by atoms with Crippen LogP contribution in [0, 0.1) is 6.92 Å². The first-order chi connectivity index (χ1) is 7.13. The van der Waals surface area contributed by atoms with Crippen LogP contribution in [0.5, 0.6) is 0 Å². The van der Waals surface area contributed by atoms with Gasteiger partial charge in [-0.2, -0.15) is 0 Å². The molecular formula is C12H13NO2. The minimum Gasteiger partial charge on any atom is -0.478 e. The Morgan fingerprint density at radius 1 is 1.47 bits per heavy atom. The fraction of sp³-hybridized carbons (Fsp3) is 0.250. The average Bonchev–Trinajstić information content (AvgIpc) is 2.55. The van der Waals surface area contributed by atoms with E-state index in [1.54, 1.807) is 12.1 Å². The van der Waals surface area contributed by atoms with Crippen molar-refractivity contribution in [3.05, 3.63) is 35.5 Å². The number of carbonyl (C=O) groups is 1.